The lowest BCUT2D eigenvalue weighted by Gasteiger charge is -2.09. The molecule has 0 radical (unpaired) electrons. The van der Waals surface area contributed by atoms with Gasteiger partial charge in [0.05, 0.1) is 6.61 Å². The van der Waals surface area contributed by atoms with Gasteiger partial charge in [-0.05, 0) is 30.5 Å². The predicted molar refractivity (Wildman–Crippen MR) is 81.6 cm³/mol. The van der Waals surface area contributed by atoms with E-state index >= 15 is 0 Å². The molecular weight excluding hydrogens is 268 g/mol. The summed E-state index contributed by atoms with van der Waals surface area (Å²) < 4.78 is 5.45. The fourth-order valence-corrected chi connectivity index (χ4v) is 1.67. The second-order valence-corrected chi connectivity index (χ2v) is 4.40. The Morgan fingerprint density at radius 1 is 1.10 bits per heavy atom. The highest BCUT2D eigenvalue weighted by molar-refractivity contribution is 5.35. The maximum atomic E-state index is 5.45. The van der Waals surface area contributed by atoms with Crippen LogP contribution in [0.5, 0.6) is 6.01 Å². The van der Waals surface area contributed by atoms with Gasteiger partial charge in [-0.1, -0.05) is 6.92 Å². The van der Waals surface area contributed by atoms with E-state index in [1.54, 1.807) is 19.4 Å². The first-order valence-electron chi connectivity index (χ1n) is 7.01. The molecule has 2 N–H and O–H groups in total. The molecule has 0 aliphatic carbocycles. The van der Waals surface area contributed by atoms with Gasteiger partial charge >= 0.3 is 6.01 Å². The minimum Gasteiger partial charge on any atom is -0.463 e. The van der Waals surface area contributed by atoms with Crippen LogP contribution in [-0.2, 0) is 6.42 Å². The summed E-state index contributed by atoms with van der Waals surface area (Å²) in [5.41, 5.74) is 1.21. The summed E-state index contributed by atoms with van der Waals surface area (Å²) in [7, 11) is 1.76. The predicted octanol–water partition coefficient (Wildman–Crippen LogP) is 1.75. The first-order chi connectivity index (χ1) is 10.3. The first-order valence-corrected chi connectivity index (χ1v) is 7.01. The zero-order chi connectivity index (χ0) is 14.9. The van der Waals surface area contributed by atoms with Gasteiger partial charge in [-0.15, -0.1) is 0 Å². The Morgan fingerprint density at radius 2 is 1.86 bits per heavy atom. The van der Waals surface area contributed by atoms with Crippen molar-refractivity contribution >= 4 is 11.9 Å². The SMILES string of the molecule is CCCOc1nc(NC)nc(NCCc2ccncc2)n1. The molecule has 0 bridgehead atoms. The number of hydrogen-bond acceptors (Lipinski definition) is 7. The molecule has 7 heteroatoms. The third kappa shape index (κ3) is 4.87. The van der Waals surface area contributed by atoms with Gasteiger partial charge in [0.25, 0.3) is 0 Å². The van der Waals surface area contributed by atoms with Crippen LogP contribution in [-0.4, -0.2) is 40.1 Å². The molecule has 7 nitrogen and oxygen atoms in total. The van der Waals surface area contributed by atoms with Gasteiger partial charge in [-0.25, -0.2) is 0 Å². The molecule has 0 atom stereocenters. The minimum atomic E-state index is 0.336. The van der Waals surface area contributed by atoms with Crippen molar-refractivity contribution in [3.63, 3.8) is 0 Å². The van der Waals surface area contributed by atoms with Crippen LogP contribution in [0.1, 0.15) is 18.9 Å². The van der Waals surface area contributed by atoms with E-state index in [9.17, 15) is 0 Å². The van der Waals surface area contributed by atoms with Crippen molar-refractivity contribution < 1.29 is 4.74 Å². The number of rotatable bonds is 8. The third-order valence-electron chi connectivity index (χ3n) is 2.72. The van der Waals surface area contributed by atoms with Crippen molar-refractivity contribution in [2.45, 2.75) is 19.8 Å². The van der Waals surface area contributed by atoms with Crippen LogP contribution in [0.3, 0.4) is 0 Å². The summed E-state index contributed by atoms with van der Waals surface area (Å²) in [6.07, 6.45) is 5.35. The van der Waals surface area contributed by atoms with Crippen LogP contribution in [0.15, 0.2) is 24.5 Å². The van der Waals surface area contributed by atoms with Crippen molar-refractivity contribution in [1.82, 2.24) is 19.9 Å². The molecule has 0 spiro atoms. The van der Waals surface area contributed by atoms with Crippen LogP contribution >= 0.6 is 0 Å². The van der Waals surface area contributed by atoms with E-state index in [4.69, 9.17) is 4.74 Å². The molecule has 2 aromatic heterocycles. The highest BCUT2D eigenvalue weighted by Crippen LogP contribution is 2.11. The molecule has 0 aliphatic rings. The molecular formula is C14H20N6O. The molecule has 2 rings (SSSR count). The summed E-state index contributed by atoms with van der Waals surface area (Å²) in [6.45, 7) is 3.35. The Bertz CT molecular complexity index is 548. The molecule has 0 aromatic carbocycles. The van der Waals surface area contributed by atoms with E-state index in [1.165, 1.54) is 5.56 Å². The first kappa shape index (κ1) is 15.0. The normalized spacial score (nSPS) is 10.2. The molecule has 0 fully saturated rings. The number of nitrogens with one attached hydrogen (secondary N) is 2. The third-order valence-corrected chi connectivity index (χ3v) is 2.72. The van der Waals surface area contributed by atoms with Gasteiger partial charge in [0, 0.05) is 26.0 Å². The van der Waals surface area contributed by atoms with Crippen molar-refractivity contribution in [3.8, 4) is 6.01 Å². The monoisotopic (exact) mass is 288 g/mol. The second-order valence-electron chi connectivity index (χ2n) is 4.40. The standard InChI is InChI=1S/C14H20N6O/c1-3-10-21-14-19-12(15-2)18-13(20-14)17-9-6-11-4-7-16-8-5-11/h4-5,7-8H,3,6,9-10H2,1-2H3,(H2,15,17,18,19,20). The maximum absolute atomic E-state index is 5.45. The van der Waals surface area contributed by atoms with Gasteiger partial charge < -0.3 is 15.4 Å². The molecule has 0 saturated carbocycles. The number of pyridine rings is 1. The lowest BCUT2D eigenvalue weighted by Crippen LogP contribution is -2.12. The fourth-order valence-electron chi connectivity index (χ4n) is 1.67. The van der Waals surface area contributed by atoms with Crippen LogP contribution in [0, 0.1) is 0 Å². The van der Waals surface area contributed by atoms with Crippen molar-refractivity contribution in [2.75, 3.05) is 30.8 Å². The maximum Gasteiger partial charge on any atom is 0.323 e. The Hall–Kier alpha value is -2.44. The molecule has 2 heterocycles. The van der Waals surface area contributed by atoms with Crippen LogP contribution in [0.25, 0.3) is 0 Å². The largest absolute Gasteiger partial charge is 0.463 e. The fraction of sp³-hybridized carbons (Fsp3) is 0.429. The average Bonchev–Trinajstić information content (AvgIpc) is 2.53. The molecule has 0 unspecified atom stereocenters. The Labute approximate surface area is 124 Å². The molecule has 21 heavy (non-hydrogen) atoms. The molecule has 0 amide bonds. The lowest BCUT2D eigenvalue weighted by molar-refractivity contribution is 0.292. The Balaban J connectivity index is 1.95. The van der Waals surface area contributed by atoms with E-state index < -0.39 is 0 Å². The zero-order valence-corrected chi connectivity index (χ0v) is 12.3. The summed E-state index contributed by atoms with van der Waals surface area (Å²) in [6, 6.07) is 4.32. The number of nitrogens with zero attached hydrogens (tertiary/aromatic N) is 4. The molecule has 0 aliphatic heterocycles. The van der Waals surface area contributed by atoms with Gasteiger partial charge in [0.1, 0.15) is 0 Å². The van der Waals surface area contributed by atoms with E-state index in [-0.39, 0.29) is 0 Å². The van der Waals surface area contributed by atoms with Crippen molar-refractivity contribution in [1.29, 1.82) is 0 Å². The van der Waals surface area contributed by atoms with Crippen LogP contribution in [0.2, 0.25) is 0 Å². The summed E-state index contributed by atoms with van der Waals surface area (Å²) in [5.74, 6) is 0.997. The van der Waals surface area contributed by atoms with Crippen molar-refractivity contribution in [2.24, 2.45) is 0 Å². The molecule has 112 valence electrons. The number of ether oxygens (including phenoxy) is 1. The smallest absolute Gasteiger partial charge is 0.323 e. The minimum absolute atomic E-state index is 0.336. The van der Waals surface area contributed by atoms with Gasteiger partial charge in [0.15, 0.2) is 0 Å². The Kier molecular flexibility index (Phi) is 5.69. The summed E-state index contributed by atoms with van der Waals surface area (Å²) >= 11 is 0. The average molecular weight is 288 g/mol. The quantitative estimate of drug-likeness (QED) is 0.765. The van der Waals surface area contributed by atoms with Crippen LogP contribution in [0.4, 0.5) is 11.9 Å². The second kappa shape index (κ2) is 7.98. The highest BCUT2D eigenvalue weighted by atomic mass is 16.5. The lowest BCUT2D eigenvalue weighted by atomic mass is 10.2. The van der Waals surface area contributed by atoms with Gasteiger partial charge in [0.2, 0.25) is 11.9 Å². The number of aromatic nitrogens is 4. The summed E-state index contributed by atoms with van der Waals surface area (Å²) in [4.78, 5) is 16.6. The topological polar surface area (TPSA) is 84.9 Å². The van der Waals surface area contributed by atoms with E-state index in [1.807, 2.05) is 19.1 Å². The number of hydrogen-bond donors (Lipinski definition) is 2. The molecule has 0 saturated heterocycles. The van der Waals surface area contributed by atoms with E-state index in [2.05, 4.69) is 30.6 Å². The van der Waals surface area contributed by atoms with E-state index in [0.717, 1.165) is 19.4 Å². The van der Waals surface area contributed by atoms with Crippen LogP contribution < -0.4 is 15.4 Å². The van der Waals surface area contributed by atoms with Gasteiger partial charge in [-0.3, -0.25) is 4.98 Å². The zero-order valence-electron chi connectivity index (χ0n) is 12.3. The highest BCUT2D eigenvalue weighted by Gasteiger charge is 2.06. The summed E-state index contributed by atoms with van der Waals surface area (Å²) in [5, 5.41) is 6.08. The Morgan fingerprint density at radius 3 is 2.57 bits per heavy atom. The van der Waals surface area contributed by atoms with Gasteiger partial charge in [-0.2, -0.15) is 15.0 Å². The van der Waals surface area contributed by atoms with Crippen molar-refractivity contribution in [3.05, 3.63) is 30.1 Å². The van der Waals surface area contributed by atoms with E-state index in [0.29, 0.717) is 24.5 Å². The molecule has 2 aromatic rings. The number of anilines is 2.